The number of hydrogen-bond donors (Lipinski definition) is 0. The molecular weight excluding hydrogens is 383 g/mol. The lowest BCUT2D eigenvalue weighted by molar-refractivity contribution is 0.411. The van der Waals surface area contributed by atoms with E-state index in [9.17, 15) is 0 Å². The number of fused-ring (bicyclic) bond motifs is 1. The monoisotopic (exact) mass is 396 g/mol. The van der Waals surface area contributed by atoms with Gasteiger partial charge in [0.15, 0.2) is 17.1 Å². The number of aromatic nitrogens is 2. The van der Waals surface area contributed by atoms with Gasteiger partial charge in [0, 0.05) is 29.5 Å². The van der Waals surface area contributed by atoms with Crippen molar-refractivity contribution in [2.24, 2.45) is 0 Å². The van der Waals surface area contributed by atoms with E-state index in [1.807, 2.05) is 48.6 Å². The first kappa shape index (κ1) is 17.6. The predicted molar refractivity (Wildman–Crippen MR) is 109 cm³/mol. The zero-order valence-electron chi connectivity index (χ0n) is 14.3. The van der Waals surface area contributed by atoms with Crippen LogP contribution in [-0.4, -0.2) is 17.1 Å². The molecule has 3 heterocycles. The molecule has 0 radical (unpaired) electrons. The van der Waals surface area contributed by atoms with Crippen LogP contribution in [0.4, 0.5) is 0 Å². The average Bonchev–Trinajstić information content (AvgIpc) is 3.14. The standard InChI is InChI=1S/C21H14Cl2N2O2/c1-26-19-8-6-13(5-7-14-16(22)11-24-12-17(14)23)15-10-20(27-21(15)19)18-4-2-3-9-25-18/h2-12H,1H3/b7-5+. The van der Waals surface area contributed by atoms with Crippen molar-refractivity contribution in [2.75, 3.05) is 7.11 Å². The van der Waals surface area contributed by atoms with Crippen LogP contribution in [0.3, 0.4) is 0 Å². The summed E-state index contributed by atoms with van der Waals surface area (Å²) in [4.78, 5) is 8.32. The van der Waals surface area contributed by atoms with Crippen LogP contribution >= 0.6 is 23.2 Å². The third-order valence-electron chi connectivity index (χ3n) is 4.14. The van der Waals surface area contributed by atoms with Crippen molar-refractivity contribution in [3.63, 3.8) is 0 Å². The zero-order valence-corrected chi connectivity index (χ0v) is 15.8. The highest BCUT2D eigenvalue weighted by molar-refractivity contribution is 6.37. The van der Waals surface area contributed by atoms with Gasteiger partial charge in [-0.3, -0.25) is 9.97 Å². The molecule has 134 valence electrons. The minimum absolute atomic E-state index is 0.491. The summed E-state index contributed by atoms with van der Waals surface area (Å²) in [6, 6.07) is 11.5. The van der Waals surface area contributed by atoms with E-state index in [0.717, 1.165) is 16.6 Å². The topological polar surface area (TPSA) is 48.2 Å². The number of ether oxygens (including phenoxy) is 1. The van der Waals surface area contributed by atoms with Crippen molar-refractivity contribution in [3.05, 3.63) is 76.2 Å². The second-order valence-electron chi connectivity index (χ2n) is 5.78. The molecule has 4 rings (SSSR count). The van der Waals surface area contributed by atoms with Crippen LogP contribution in [0, 0.1) is 0 Å². The molecule has 4 nitrogen and oxygen atoms in total. The van der Waals surface area contributed by atoms with E-state index in [-0.39, 0.29) is 0 Å². The summed E-state index contributed by atoms with van der Waals surface area (Å²) < 4.78 is 11.5. The Labute approximate surface area is 166 Å². The van der Waals surface area contributed by atoms with Crippen LogP contribution in [0.25, 0.3) is 34.6 Å². The van der Waals surface area contributed by atoms with Crippen molar-refractivity contribution in [3.8, 4) is 17.2 Å². The molecule has 27 heavy (non-hydrogen) atoms. The van der Waals surface area contributed by atoms with Crippen molar-refractivity contribution in [1.29, 1.82) is 0 Å². The van der Waals surface area contributed by atoms with Crippen LogP contribution in [0.2, 0.25) is 10.0 Å². The molecule has 4 aromatic rings. The second kappa shape index (κ2) is 7.43. The number of nitrogens with zero attached hydrogens (tertiary/aromatic N) is 2. The highest BCUT2D eigenvalue weighted by Crippen LogP contribution is 2.36. The van der Waals surface area contributed by atoms with Crippen molar-refractivity contribution >= 4 is 46.3 Å². The molecule has 0 spiro atoms. The average molecular weight is 397 g/mol. The summed E-state index contributed by atoms with van der Waals surface area (Å²) in [5.41, 5.74) is 3.07. The van der Waals surface area contributed by atoms with E-state index in [1.54, 1.807) is 25.7 Å². The van der Waals surface area contributed by atoms with E-state index in [1.165, 1.54) is 0 Å². The molecule has 0 aliphatic heterocycles. The van der Waals surface area contributed by atoms with Crippen LogP contribution in [0.1, 0.15) is 11.1 Å². The maximum absolute atomic E-state index is 6.20. The third-order valence-corrected chi connectivity index (χ3v) is 4.74. The van der Waals surface area contributed by atoms with Gasteiger partial charge in [-0.15, -0.1) is 0 Å². The Hall–Kier alpha value is -2.82. The molecule has 0 bridgehead atoms. The van der Waals surface area contributed by atoms with E-state index in [4.69, 9.17) is 32.4 Å². The Balaban J connectivity index is 1.84. The largest absolute Gasteiger partial charge is 0.493 e. The minimum atomic E-state index is 0.491. The smallest absolute Gasteiger partial charge is 0.177 e. The van der Waals surface area contributed by atoms with Crippen molar-refractivity contribution in [1.82, 2.24) is 9.97 Å². The first-order valence-electron chi connectivity index (χ1n) is 8.16. The first-order valence-corrected chi connectivity index (χ1v) is 8.92. The fourth-order valence-corrected chi connectivity index (χ4v) is 3.30. The molecule has 0 fully saturated rings. The maximum atomic E-state index is 6.20. The van der Waals surface area contributed by atoms with Gasteiger partial charge in [-0.05, 0) is 29.8 Å². The predicted octanol–water partition coefficient (Wildman–Crippen LogP) is 6.38. The van der Waals surface area contributed by atoms with Gasteiger partial charge in [-0.1, -0.05) is 47.5 Å². The van der Waals surface area contributed by atoms with Gasteiger partial charge in [-0.25, -0.2) is 0 Å². The quantitative estimate of drug-likeness (QED) is 0.401. The molecule has 6 heteroatoms. The van der Waals surface area contributed by atoms with Gasteiger partial charge in [0.05, 0.1) is 17.2 Å². The Bertz CT molecular complexity index is 1120. The van der Waals surface area contributed by atoms with Gasteiger partial charge in [0.1, 0.15) is 5.69 Å². The lowest BCUT2D eigenvalue weighted by Gasteiger charge is -2.03. The molecule has 0 atom stereocenters. The molecule has 0 saturated heterocycles. The molecular formula is C21H14Cl2N2O2. The van der Waals surface area contributed by atoms with Crippen molar-refractivity contribution < 1.29 is 9.15 Å². The van der Waals surface area contributed by atoms with E-state index < -0.39 is 0 Å². The molecule has 0 aliphatic carbocycles. The Morgan fingerprint density at radius 3 is 2.56 bits per heavy atom. The SMILES string of the molecule is COc1ccc(/C=C/c2c(Cl)cncc2Cl)c2cc(-c3ccccn3)oc12. The first-order chi connectivity index (χ1) is 13.2. The molecule has 0 amide bonds. The Morgan fingerprint density at radius 1 is 1.04 bits per heavy atom. The van der Waals surface area contributed by atoms with E-state index in [0.29, 0.717) is 32.7 Å². The Kier molecular flexibility index (Phi) is 4.84. The summed E-state index contributed by atoms with van der Waals surface area (Å²) in [6.07, 6.45) is 8.66. The fraction of sp³-hybridized carbons (Fsp3) is 0.0476. The number of methoxy groups -OCH3 is 1. The highest BCUT2D eigenvalue weighted by atomic mass is 35.5. The number of furan rings is 1. The summed E-state index contributed by atoms with van der Waals surface area (Å²) >= 11 is 12.4. The number of rotatable bonds is 4. The number of hydrogen-bond acceptors (Lipinski definition) is 4. The molecule has 0 aliphatic rings. The van der Waals surface area contributed by atoms with Gasteiger partial charge in [-0.2, -0.15) is 0 Å². The third kappa shape index (κ3) is 3.42. The second-order valence-corrected chi connectivity index (χ2v) is 6.59. The van der Waals surface area contributed by atoms with Gasteiger partial charge >= 0.3 is 0 Å². The molecule has 3 aromatic heterocycles. The molecule has 0 unspecified atom stereocenters. The lowest BCUT2D eigenvalue weighted by atomic mass is 10.1. The summed E-state index contributed by atoms with van der Waals surface area (Å²) in [5, 5.41) is 1.89. The normalized spacial score (nSPS) is 11.4. The minimum Gasteiger partial charge on any atom is -0.493 e. The molecule has 0 saturated carbocycles. The van der Waals surface area contributed by atoms with Crippen LogP contribution in [-0.2, 0) is 0 Å². The molecule has 0 N–H and O–H groups in total. The van der Waals surface area contributed by atoms with Crippen LogP contribution in [0.15, 0.2) is 59.4 Å². The lowest BCUT2D eigenvalue weighted by Crippen LogP contribution is -1.84. The van der Waals surface area contributed by atoms with Gasteiger partial charge in [0.2, 0.25) is 0 Å². The molecule has 1 aromatic carbocycles. The summed E-state index contributed by atoms with van der Waals surface area (Å²) in [6.45, 7) is 0. The van der Waals surface area contributed by atoms with Gasteiger partial charge < -0.3 is 9.15 Å². The van der Waals surface area contributed by atoms with Crippen LogP contribution < -0.4 is 4.74 Å². The van der Waals surface area contributed by atoms with Gasteiger partial charge in [0.25, 0.3) is 0 Å². The maximum Gasteiger partial charge on any atom is 0.177 e. The van der Waals surface area contributed by atoms with Crippen LogP contribution in [0.5, 0.6) is 5.75 Å². The van der Waals surface area contributed by atoms with E-state index in [2.05, 4.69) is 9.97 Å². The fourth-order valence-electron chi connectivity index (χ4n) is 2.81. The summed E-state index contributed by atoms with van der Waals surface area (Å²) in [5.74, 6) is 1.33. The number of halogens is 2. The highest BCUT2D eigenvalue weighted by Gasteiger charge is 2.14. The van der Waals surface area contributed by atoms with Crippen molar-refractivity contribution in [2.45, 2.75) is 0 Å². The summed E-state index contributed by atoms with van der Waals surface area (Å²) in [7, 11) is 1.61. The number of pyridine rings is 2. The zero-order chi connectivity index (χ0) is 18.8. The Morgan fingerprint density at radius 2 is 1.85 bits per heavy atom. The number of benzene rings is 1. The van der Waals surface area contributed by atoms with E-state index >= 15 is 0 Å².